The van der Waals surface area contributed by atoms with E-state index in [9.17, 15) is 4.79 Å². The zero-order valence-electron chi connectivity index (χ0n) is 9.40. The maximum atomic E-state index is 11.7. The average Bonchev–Trinajstić information content (AvgIpc) is 2.60. The van der Waals surface area contributed by atoms with E-state index in [4.69, 9.17) is 11.6 Å². The standard InChI is InChI=1S/C12H15ClN2O/c1-8(2)15-12(16)7-11(14-15)9-4-3-5-10(13)6-9/h3-6,8,11,14H,7H2,1-2H3. The molecule has 16 heavy (non-hydrogen) atoms. The number of hydrogen-bond donors (Lipinski definition) is 1. The minimum Gasteiger partial charge on any atom is -0.275 e. The Labute approximate surface area is 100 Å². The molecule has 1 fully saturated rings. The highest BCUT2D eigenvalue weighted by molar-refractivity contribution is 6.30. The van der Waals surface area contributed by atoms with Crippen LogP contribution in [0.2, 0.25) is 5.02 Å². The number of nitrogens with zero attached hydrogens (tertiary/aromatic N) is 1. The van der Waals surface area contributed by atoms with Gasteiger partial charge in [-0.1, -0.05) is 23.7 Å². The third-order valence-corrected chi connectivity index (χ3v) is 2.94. The molecule has 0 radical (unpaired) electrons. The minimum absolute atomic E-state index is 0.0496. The smallest absolute Gasteiger partial charge is 0.238 e. The van der Waals surface area contributed by atoms with Crippen LogP contribution in [0.4, 0.5) is 0 Å². The SMILES string of the molecule is CC(C)N1NC(c2cccc(Cl)c2)CC1=O. The summed E-state index contributed by atoms with van der Waals surface area (Å²) in [5.41, 5.74) is 4.27. The topological polar surface area (TPSA) is 32.3 Å². The van der Waals surface area contributed by atoms with Crippen LogP contribution in [-0.2, 0) is 4.79 Å². The van der Waals surface area contributed by atoms with Gasteiger partial charge in [-0.2, -0.15) is 0 Å². The number of carbonyl (C=O) groups is 1. The van der Waals surface area contributed by atoms with Gasteiger partial charge in [0.25, 0.3) is 0 Å². The van der Waals surface area contributed by atoms with Crippen molar-refractivity contribution in [3.8, 4) is 0 Å². The molecule has 1 unspecified atom stereocenters. The zero-order chi connectivity index (χ0) is 11.7. The highest BCUT2D eigenvalue weighted by Gasteiger charge is 2.31. The first-order chi connectivity index (χ1) is 7.58. The Morgan fingerprint density at radius 3 is 2.81 bits per heavy atom. The van der Waals surface area contributed by atoms with Crippen molar-refractivity contribution in [2.24, 2.45) is 0 Å². The van der Waals surface area contributed by atoms with E-state index in [-0.39, 0.29) is 18.0 Å². The van der Waals surface area contributed by atoms with E-state index in [2.05, 4.69) is 5.43 Å². The molecule has 1 aromatic carbocycles. The summed E-state index contributed by atoms with van der Waals surface area (Å²) in [4.78, 5) is 11.7. The van der Waals surface area contributed by atoms with Crippen LogP contribution in [0, 0.1) is 0 Å². The van der Waals surface area contributed by atoms with Gasteiger partial charge in [0.15, 0.2) is 0 Å². The van der Waals surface area contributed by atoms with E-state index in [1.807, 2.05) is 38.1 Å². The van der Waals surface area contributed by atoms with Gasteiger partial charge in [0, 0.05) is 17.5 Å². The Kier molecular flexibility index (Phi) is 3.17. The van der Waals surface area contributed by atoms with Crippen molar-refractivity contribution >= 4 is 17.5 Å². The van der Waals surface area contributed by atoms with Crippen molar-refractivity contribution in [3.05, 3.63) is 34.9 Å². The average molecular weight is 239 g/mol. The Hall–Kier alpha value is -1.06. The molecule has 86 valence electrons. The Bertz CT molecular complexity index is 406. The van der Waals surface area contributed by atoms with Crippen LogP contribution in [0.25, 0.3) is 0 Å². The van der Waals surface area contributed by atoms with E-state index in [1.54, 1.807) is 5.01 Å². The molecule has 1 aromatic rings. The van der Waals surface area contributed by atoms with Gasteiger partial charge in [-0.25, -0.2) is 5.43 Å². The summed E-state index contributed by atoms with van der Waals surface area (Å²) < 4.78 is 0. The molecule has 3 nitrogen and oxygen atoms in total. The fourth-order valence-electron chi connectivity index (χ4n) is 1.91. The highest BCUT2D eigenvalue weighted by Crippen LogP contribution is 2.26. The molecular weight excluding hydrogens is 224 g/mol. The van der Waals surface area contributed by atoms with E-state index >= 15 is 0 Å². The largest absolute Gasteiger partial charge is 0.275 e. The quantitative estimate of drug-likeness (QED) is 0.859. The van der Waals surface area contributed by atoms with Crippen molar-refractivity contribution in [1.29, 1.82) is 0 Å². The number of carbonyl (C=O) groups excluding carboxylic acids is 1. The van der Waals surface area contributed by atoms with E-state index in [1.165, 1.54) is 0 Å². The molecule has 0 saturated carbocycles. The van der Waals surface area contributed by atoms with Crippen molar-refractivity contribution < 1.29 is 4.79 Å². The summed E-state index contributed by atoms with van der Waals surface area (Å²) in [5.74, 6) is 0.139. The lowest BCUT2D eigenvalue weighted by molar-refractivity contribution is -0.131. The van der Waals surface area contributed by atoms with Crippen LogP contribution in [0.3, 0.4) is 0 Å². The molecule has 1 heterocycles. The molecule has 1 atom stereocenters. The van der Waals surface area contributed by atoms with Gasteiger partial charge in [0.2, 0.25) is 5.91 Å². The lowest BCUT2D eigenvalue weighted by Gasteiger charge is -2.22. The summed E-state index contributed by atoms with van der Waals surface area (Å²) in [6, 6.07) is 7.85. The lowest BCUT2D eigenvalue weighted by atomic mass is 10.1. The third-order valence-electron chi connectivity index (χ3n) is 2.71. The zero-order valence-corrected chi connectivity index (χ0v) is 10.2. The molecular formula is C12H15ClN2O. The van der Waals surface area contributed by atoms with Gasteiger partial charge < -0.3 is 0 Å². The predicted molar refractivity (Wildman–Crippen MR) is 63.9 cm³/mol. The van der Waals surface area contributed by atoms with Crippen LogP contribution in [0.5, 0.6) is 0 Å². The van der Waals surface area contributed by atoms with E-state index in [0.29, 0.717) is 11.4 Å². The summed E-state index contributed by atoms with van der Waals surface area (Å²) in [7, 11) is 0. The van der Waals surface area contributed by atoms with Crippen LogP contribution in [0.15, 0.2) is 24.3 Å². The number of amides is 1. The molecule has 0 aromatic heterocycles. The number of hydrazine groups is 1. The second-order valence-electron chi connectivity index (χ2n) is 4.30. The summed E-state index contributed by atoms with van der Waals surface area (Å²) in [6.07, 6.45) is 0.499. The highest BCUT2D eigenvalue weighted by atomic mass is 35.5. The summed E-state index contributed by atoms with van der Waals surface area (Å²) in [6.45, 7) is 3.98. The number of benzene rings is 1. The fourth-order valence-corrected chi connectivity index (χ4v) is 2.11. The van der Waals surface area contributed by atoms with Crippen molar-refractivity contribution in [2.45, 2.75) is 32.4 Å². The molecule has 0 spiro atoms. The van der Waals surface area contributed by atoms with Crippen LogP contribution in [0.1, 0.15) is 31.9 Å². The van der Waals surface area contributed by atoms with Gasteiger partial charge in [0.05, 0.1) is 6.04 Å². The van der Waals surface area contributed by atoms with Gasteiger partial charge in [-0.3, -0.25) is 9.80 Å². The lowest BCUT2D eigenvalue weighted by Crippen LogP contribution is -2.40. The molecule has 1 saturated heterocycles. The normalized spacial score (nSPS) is 20.9. The van der Waals surface area contributed by atoms with Crippen molar-refractivity contribution in [2.75, 3.05) is 0 Å². The number of hydrogen-bond acceptors (Lipinski definition) is 2. The number of rotatable bonds is 2. The van der Waals surface area contributed by atoms with Gasteiger partial charge in [-0.15, -0.1) is 0 Å². The molecule has 0 bridgehead atoms. The first-order valence-electron chi connectivity index (χ1n) is 5.41. The molecule has 2 rings (SSSR count). The van der Waals surface area contributed by atoms with Gasteiger partial charge >= 0.3 is 0 Å². The molecule has 1 amide bonds. The van der Waals surface area contributed by atoms with Gasteiger partial charge in [-0.05, 0) is 31.5 Å². The fraction of sp³-hybridized carbons (Fsp3) is 0.417. The first kappa shape index (κ1) is 11.4. The Morgan fingerprint density at radius 1 is 1.50 bits per heavy atom. The number of halogens is 1. The minimum atomic E-state index is 0.0496. The first-order valence-corrected chi connectivity index (χ1v) is 5.79. The van der Waals surface area contributed by atoms with Crippen LogP contribution in [-0.4, -0.2) is 17.0 Å². The van der Waals surface area contributed by atoms with Crippen molar-refractivity contribution in [1.82, 2.24) is 10.4 Å². The molecule has 4 heteroatoms. The van der Waals surface area contributed by atoms with Gasteiger partial charge in [0.1, 0.15) is 0 Å². The molecule has 1 aliphatic rings. The van der Waals surface area contributed by atoms with Crippen LogP contribution >= 0.6 is 11.6 Å². The second kappa shape index (κ2) is 4.44. The van der Waals surface area contributed by atoms with E-state index in [0.717, 1.165) is 5.56 Å². The van der Waals surface area contributed by atoms with E-state index < -0.39 is 0 Å². The molecule has 0 aliphatic carbocycles. The molecule has 1 N–H and O–H groups in total. The van der Waals surface area contributed by atoms with Crippen LogP contribution < -0.4 is 5.43 Å². The number of nitrogens with one attached hydrogen (secondary N) is 1. The Morgan fingerprint density at radius 2 is 2.25 bits per heavy atom. The predicted octanol–water partition coefficient (Wildman–Crippen LogP) is 2.53. The maximum absolute atomic E-state index is 11.7. The Balaban J connectivity index is 2.17. The monoisotopic (exact) mass is 238 g/mol. The second-order valence-corrected chi connectivity index (χ2v) is 4.73. The van der Waals surface area contributed by atoms with Crippen molar-refractivity contribution in [3.63, 3.8) is 0 Å². The maximum Gasteiger partial charge on any atom is 0.238 e. The third kappa shape index (κ3) is 2.20. The molecule has 1 aliphatic heterocycles. The summed E-state index contributed by atoms with van der Waals surface area (Å²) in [5, 5.41) is 2.39. The summed E-state index contributed by atoms with van der Waals surface area (Å²) >= 11 is 5.93.